The molecule has 4 rings (SSSR count). The maximum atomic E-state index is 12.8. The fourth-order valence-corrected chi connectivity index (χ4v) is 5.30. The number of rotatable bonds is 4. The molecule has 1 aromatic rings. The number of amides is 1. The fraction of sp³-hybridized carbons (Fsp3) is 0.471. The van der Waals surface area contributed by atoms with Crippen LogP contribution in [0.1, 0.15) is 6.42 Å². The van der Waals surface area contributed by atoms with Crippen molar-refractivity contribution in [3.05, 3.63) is 30.1 Å². The van der Waals surface area contributed by atoms with Gasteiger partial charge in [-0.15, -0.1) is 0 Å². The molecular formula is C17H15BrFNO5. The van der Waals surface area contributed by atoms with E-state index in [1.807, 2.05) is 0 Å². The van der Waals surface area contributed by atoms with Crippen LogP contribution in [0.2, 0.25) is 0 Å². The van der Waals surface area contributed by atoms with Gasteiger partial charge in [0.25, 0.3) is 5.91 Å². The van der Waals surface area contributed by atoms with E-state index in [0.717, 1.165) is 6.42 Å². The van der Waals surface area contributed by atoms with Crippen LogP contribution in [0.15, 0.2) is 24.3 Å². The largest absolute Gasteiger partial charge is 0.461 e. The molecule has 8 heteroatoms. The second-order valence-electron chi connectivity index (χ2n) is 6.62. The molecular weight excluding hydrogens is 397 g/mol. The lowest BCUT2D eigenvalue weighted by Gasteiger charge is -2.26. The Morgan fingerprint density at radius 2 is 2.00 bits per heavy atom. The second-order valence-corrected chi connectivity index (χ2v) is 7.68. The van der Waals surface area contributed by atoms with Gasteiger partial charge in [0.15, 0.2) is 6.61 Å². The number of esters is 2. The lowest BCUT2D eigenvalue weighted by Crippen LogP contribution is -2.39. The lowest BCUT2D eigenvalue weighted by atomic mass is 9.80. The standard InChI is InChI=1S/C17H15BrFNO5/c18-14-9-5-10-13(17(23)25-15(10)14)12(9)16(22)24-6-11(21)20-8-3-1-7(19)2-4-8/h1-4,9-10,12-15H,5-6H2,(H,20,21)/t9-,10-,12-,13+,14+,15+/m1/s1. The average molecular weight is 412 g/mol. The Morgan fingerprint density at radius 1 is 1.28 bits per heavy atom. The minimum absolute atomic E-state index is 0.0147. The van der Waals surface area contributed by atoms with Crippen LogP contribution in [0.5, 0.6) is 0 Å². The van der Waals surface area contributed by atoms with Crippen LogP contribution in [-0.2, 0) is 23.9 Å². The van der Waals surface area contributed by atoms with Gasteiger partial charge in [-0.2, -0.15) is 0 Å². The van der Waals surface area contributed by atoms with E-state index in [0.29, 0.717) is 5.69 Å². The molecule has 1 heterocycles. The number of nitrogens with one attached hydrogen (secondary N) is 1. The summed E-state index contributed by atoms with van der Waals surface area (Å²) in [5, 5.41) is 2.52. The monoisotopic (exact) mass is 411 g/mol. The first-order valence-corrected chi connectivity index (χ1v) is 8.94. The summed E-state index contributed by atoms with van der Waals surface area (Å²) in [6, 6.07) is 5.26. The number of hydrogen-bond donors (Lipinski definition) is 1. The molecule has 1 amide bonds. The number of hydrogen-bond acceptors (Lipinski definition) is 5. The van der Waals surface area contributed by atoms with E-state index in [2.05, 4.69) is 21.2 Å². The summed E-state index contributed by atoms with van der Waals surface area (Å²) in [5.41, 5.74) is 0.408. The molecule has 0 unspecified atom stereocenters. The Morgan fingerprint density at radius 3 is 2.72 bits per heavy atom. The third-order valence-electron chi connectivity index (χ3n) is 5.27. The lowest BCUT2D eigenvalue weighted by molar-refractivity contribution is -0.157. The Hall–Kier alpha value is -1.96. The first kappa shape index (κ1) is 16.5. The topological polar surface area (TPSA) is 81.7 Å². The Kier molecular flexibility index (Phi) is 4.02. The van der Waals surface area contributed by atoms with Crippen LogP contribution in [0.4, 0.5) is 10.1 Å². The SMILES string of the molecule is O=C(COC(=O)[C@@H]1[C@H]2C[C@H]3[C@H](OC(=O)[C@@H]31)[C@H]2Br)Nc1ccc(F)cc1. The van der Waals surface area contributed by atoms with E-state index in [9.17, 15) is 18.8 Å². The highest BCUT2D eigenvalue weighted by atomic mass is 79.9. The third kappa shape index (κ3) is 2.72. The molecule has 25 heavy (non-hydrogen) atoms. The van der Waals surface area contributed by atoms with Gasteiger partial charge in [0, 0.05) is 11.6 Å². The van der Waals surface area contributed by atoms with Crippen LogP contribution in [0, 0.1) is 29.5 Å². The molecule has 1 aliphatic heterocycles. The normalized spacial score (nSPS) is 34.7. The van der Waals surface area contributed by atoms with Gasteiger partial charge in [-0.1, -0.05) is 15.9 Å². The number of halogens is 2. The van der Waals surface area contributed by atoms with Gasteiger partial charge >= 0.3 is 11.9 Å². The van der Waals surface area contributed by atoms with Gasteiger partial charge in [0.2, 0.25) is 0 Å². The number of benzene rings is 1. The van der Waals surface area contributed by atoms with Crippen molar-refractivity contribution in [1.29, 1.82) is 0 Å². The number of carbonyl (C=O) groups excluding carboxylic acids is 3. The van der Waals surface area contributed by atoms with Gasteiger partial charge in [-0.3, -0.25) is 14.4 Å². The predicted octanol–water partition coefficient (Wildman–Crippen LogP) is 1.88. The molecule has 6 atom stereocenters. The van der Waals surface area contributed by atoms with E-state index >= 15 is 0 Å². The van der Waals surface area contributed by atoms with Crippen molar-refractivity contribution in [3.8, 4) is 0 Å². The molecule has 2 saturated carbocycles. The van der Waals surface area contributed by atoms with Gasteiger partial charge < -0.3 is 14.8 Å². The molecule has 2 bridgehead atoms. The highest BCUT2D eigenvalue weighted by Gasteiger charge is 2.68. The zero-order valence-electron chi connectivity index (χ0n) is 13.0. The van der Waals surface area contributed by atoms with Crippen molar-refractivity contribution in [2.45, 2.75) is 17.4 Å². The maximum Gasteiger partial charge on any atom is 0.310 e. The molecule has 3 fully saturated rings. The van der Waals surface area contributed by atoms with E-state index in [1.165, 1.54) is 24.3 Å². The molecule has 1 N–H and O–H groups in total. The maximum absolute atomic E-state index is 12.8. The number of anilines is 1. The van der Waals surface area contributed by atoms with Crippen molar-refractivity contribution in [1.82, 2.24) is 0 Å². The minimum Gasteiger partial charge on any atom is -0.461 e. The molecule has 1 aromatic carbocycles. The summed E-state index contributed by atoms with van der Waals surface area (Å²) in [6.07, 6.45) is 0.590. The zero-order chi connectivity index (χ0) is 17.7. The summed E-state index contributed by atoms with van der Waals surface area (Å²) in [5.74, 6) is -2.83. The number of fused-ring (bicyclic) bond motifs is 1. The minimum atomic E-state index is -0.570. The van der Waals surface area contributed by atoms with Gasteiger partial charge in [0.1, 0.15) is 11.9 Å². The van der Waals surface area contributed by atoms with Crippen molar-refractivity contribution in [3.63, 3.8) is 0 Å². The molecule has 1 saturated heterocycles. The molecule has 0 radical (unpaired) electrons. The summed E-state index contributed by atoms with van der Waals surface area (Å²) in [7, 11) is 0. The second kappa shape index (κ2) is 6.09. The quantitative estimate of drug-likeness (QED) is 0.604. The zero-order valence-corrected chi connectivity index (χ0v) is 14.6. The summed E-state index contributed by atoms with van der Waals surface area (Å²) >= 11 is 3.52. The summed E-state index contributed by atoms with van der Waals surface area (Å²) < 4.78 is 23.3. The Bertz CT molecular complexity index is 739. The number of ether oxygens (including phenoxy) is 2. The van der Waals surface area contributed by atoms with E-state index in [4.69, 9.17) is 9.47 Å². The van der Waals surface area contributed by atoms with Crippen LogP contribution in [0.25, 0.3) is 0 Å². The van der Waals surface area contributed by atoms with Crippen molar-refractivity contribution < 1.29 is 28.2 Å². The van der Waals surface area contributed by atoms with Gasteiger partial charge in [-0.05, 0) is 36.6 Å². The third-order valence-corrected chi connectivity index (χ3v) is 6.47. The van der Waals surface area contributed by atoms with Crippen LogP contribution < -0.4 is 5.32 Å². The Labute approximate surface area is 151 Å². The van der Waals surface area contributed by atoms with Crippen LogP contribution in [-0.4, -0.2) is 35.4 Å². The molecule has 0 aromatic heterocycles. The fourth-order valence-electron chi connectivity index (χ4n) is 4.26. The highest BCUT2D eigenvalue weighted by Crippen LogP contribution is 2.60. The molecule has 2 aliphatic carbocycles. The van der Waals surface area contributed by atoms with Crippen LogP contribution in [0.3, 0.4) is 0 Å². The van der Waals surface area contributed by atoms with Crippen molar-refractivity contribution in [2.75, 3.05) is 11.9 Å². The molecule has 132 valence electrons. The summed E-state index contributed by atoms with van der Waals surface area (Å²) in [6.45, 7) is -0.456. The first-order valence-electron chi connectivity index (χ1n) is 8.02. The van der Waals surface area contributed by atoms with E-state index < -0.39 is 36.1 Å². The smallest absolute Gasteiger partial charge is 0.310 e. The number of alkyl halides is 1. The molecule has 6 nitrogen and oxygen atoms in total. The van der Waals surface area contributed by atoms with E-state index in [-0.39, 0.29) is 28.7 Å². The summed E-state index contributed by atoms with van der Waals surface area (Å²) in [4.78, 5) is 36.3. The first-order chi connectivity index (χ1) is 12.0. The van der Waals surface area contributed by atoms with Gasteiger partial charge in [-0.25, -0.2) is 4.39 Å². The molecule has 0 spiro atoms. The van der Waals surface area contributed by atoms with Crippen molar-refractivity contribution >= 4 is 39.5 Å². The van der Waals surface area contributed by atoms with Crippen LogP contribution >= 0.6 is 15.9 Å². The van der Waals surface area contributed by atoms with Crippen molar-refractivity contribution in [2.24, 2.45) is 23.7 Å². The Balaban J connectivity index is 1.35. The number of carbonyl (C=O) groups is 3. The molecule has 3 aliphatic rings. The highest BCUT2D eigenvalue weighted by molar-refractivity contribution is 9.09. The predicted molar refractivity (Wildman–Crippen MR) is 87.2 cm³/mol. The van der Waals surface area contributed by atoms with Gasteiger partial charge in [0.05, 0.1) is 16.7 Å². The van der Waals surface area contributed by atoms with E-state index in [1.54, 1.807) is 0 Å². The average Bonchev–Trinajstić information content (AvgIpc) is 3.19.